The number of nitrogens with zero attached hydrogens (tertiary/aromatic N) is 1. The maximum Gasteiger partial charge on any atom is 0.191 e. The molecule has 1 unspecified atom stereocenters. The summed E-state index contributed by atoms with van der Waals surface area (Å²) in [5.74, 6) is 0.551. The number of guanidine groups is 1. The van der Waals surface area contributed by atoms with E-state index in [1.807, 2.05) is 13.0 Å². The van der Waals surface area contributed by atoms with Crippen molar-refractivity contribution in [3.8, 4) is 0 Å². The molecule has 1 aromatic heterocycles. The van der Waals surface area contributed by atoms with Crippen LogP contribution in [-0.4, -0.2) is 19.6 Å². The molecular formula is C17H23FIN3S. The SMILES string of the molecule is CN=C(NCCc1ccsc1)NC(C)c1ccc(C)c(F)c1.I. The first-order valence-electron chi connectivity index (χ1n) is 7.34. The lowest BCUT2D eigenvalue weighted by atomic mass is 10.1. The van der Waals surface area contributed by atoms with Gasteiger partial charge in [-0.25, -0.2) is 4.39 Å². The molecule has 1 heterocycles. The van der Waals surface area contributed by atoms with Gasteiger partial charge in [0.1, 0.15) is 5.82 Å². The second-order valence-corrected chi connectivity index (χ2v) is 6.04. The Morgan fingerprint density at radius 3 is 2.74 bits per heavy atom. The second-order valence-electron chi connectivity index (χ2n) is 5.26. The van der Waals surface area contributed by atoms with Gasteiger partial charge in [-0.15, -0.1) is 24.0 Å². The summed E-state index contributed by atoms with van der Waals surface area (Å²) >= 11 is 1.71. The molecule has 0 saturated carbocycles. The fraction of sp³-hybridized carbons (Fsp3) is 0.353. The van der Waals surface area contributed by atoms with Crippen LogP contribution in [0.1, 0.15) is 29.7 Å². The number of benzene rings is 1. The molecule has 3 nitrogen and oxygen atoms in total. The van der Waals surface area contributed by atoms with Gasteiger partial charge in [-0.05, 0) is 59.9 Å². The van der Waals surface area contributed by atoms with E-state index < -0.39 is 0 Å². The van der Waals surface area contributed by atoms with E-state index >= 15 is 0 Å². The Morgan fingerprint density at radius 2 is 2.13 bits per heavy atom. The number of aryl methyl sites for hydroxylation is 1. The van der Waals surface area contributed by atoms with E-state index in [0.29, 0.717) is 5.56 Å². The Hall–Kier alpha value is -1.15. The second kappa shape index (κ2) is 9.87. The summed E-state index contributed by atoms with van der Waals surface area (Å²) in [5, 5.41) is 10.8. The average Bonchev–Trinajstić information content (AvgIpc) is 3.02. The summed E-state index contributed by atoms with van der Waals surface area (Å²) in [6.07, 6.45) is 0.956. The normalized spacial score (nSPS) is 12.4. The van der Waals surface area contributed by atoms with Crippen LogP contribution in [0.4, 0.5) is 4.39 Å². The highest BCUT2D eigenvalue weighted by Gasteiger charge is 2.09. The van der Waals surface area contributed by atoms with Crippen LogP contribution in [0.25, 0.3) is 0 Å². The molecule has 2 N–H and O–H groups in total. The molecule has 126 valence electrons. The number of thiophene rings is 1. The minimum absolute atomic E-state index is 0. The molecule has 0 aliphatic rings. The van der Waals surface area contributed by atoms with Gasteiger partial charge in [-0.1, -0.05) is 12.1 Å². The highest BCUT2D eigenvalue weighted by Crippen LogP contribution is 2.16. The summed E-state index contributed by atoms with van der Waals surface area (Å²) in [5.41, 5.74) is 2.89. The maximum atomic E-state index is 13.6. The van der Waals surface area contributed by atoms with Crippen molar-refractivity contribution in [3.63, 3.8) is 0 Å². The van der Waals surface area contributed by atoms with Crippen molar-refractivity contribution in [1.29, 1.82) is 0 Å². The summed E-state index contributed by atoms with van der Waals surface area (Å²) in [6, 6.07) is 7.43. The molecule has 2 rings (SSSR count). The maximum absolute atomic E-state index is 13.6. The quantitative estimate of drug-likeness (QED) is 0.408. The number of hydrogen-bond acceptors (Lipinski definition) is 2. The van der Waals surface area contributed by atoms with Crippen LogP contribution in [0.5, 0.6) is 0 Å². The third kappa shape index (κ3) is 6.10. The minimum Gasteiger partial charge on any atom is -0.356 e. The topological polar surface area (TPSA) is 36.4 Å². The summed E-state index contributed by atoms with van der Waals surface area (Å²) < 4.78 is 13.6. The Bertz CT molecular complexity index is 629. The van der Waals surface area contributed by atoms with Gasteiger partial charge >= 0.3 is 0 Å². The first kappa shape index (κ1) is 19.9. The Labute approximate surface area is 158 Å². The van der Waals surface area contributed by atoms with Gasteiger partial charge in [0.25, 0.3) is 0 Å². The zero-order valence-corrected chi connectivity index (χ0v) is 16.7. The highest BCUT2D eigenvalue weighted by atomic mass is 127. The van der Waals surface area contributed by atoms with Crippen LogP contribution < -0.4 is 10.6 Å². The molecular weight excluding hydrogens is 424 g/mol. The van der Waals surface area contributed by atoms with E-state index in [9.17, 15) is 4.39 Å². The molecule has 0 radical (unpaired) electrons. The molecule has 0 aliphatic heterocycles. The molecule has 0 amide bonds. The monoisotopic (exact) mass is 447 g/mol. The van der Waals surface area contributed by atoms with Gasteiger partial charge in [-0.2, -0.15) is 11.3 Å². The first-order valence-corrected chi connectivity index (χ1v) is 8.28. The van der Waals surface area contributed by atoms with Gasteiger partial charge < -0.3 is 10.6 Å². The molecule has 1 aromatic carbocycles. The number of aliphatic imine (C=N–C) groups is 1. The van der Waals surface area contributed by atoms with Crippen molar-refractivity contribution in [2.24, 2.45) is 4.99 Å². The number of halogens is 2. The van der Waals surface area contributed by atoms with E-state index in [4.69, 9.17) is 0 Å². The molecule has 6 heteroatoms. The highest BCUT2D eigenvalue weighted by molar-refractivity contribution is 14.0. The van der Waals surface area contributed by atoms with Crippen LogP contribution in [0.2, 0.25) is 0 Å². The number of hydrogen-bond donors (Lipinski definition) is 2. The fourth-order valence-corrected chi connectivity index (χ4v) is 2.82. The van der Waals surface area contributed by atoms with Crippen LogP contribution in [-0.2, 0) is 6.42 Å². The van der Waals surface area contributed by atoms with Crippen molar-refractivity contribution in [3.05, 3.63) is 57.5 Å². The lowest BCUT2D eigenvalue weighted by Crippen LogP contribution is -2.39. The fourth-order valence-electron chi connectivity index (χ4n) is 2.12. The molecule has 23 heavy (non-hydrogen) atoms. The van der Waals surface area contributed by atoms with Crippen LogP contribution >= 0.6 is 35.3 Å². The van der Waals surface area contributed by atoms with Crippen LogP contribution in [0, 0.1) is 12.7 Å². The summed E-state index contributed by atoms with van der Waals surface area (Å²) in [6.45, 7) is 4.57. The van der Waals surface area contributed by atoms with Gasteiger partial charge in [0.2, 0.25) is 0 Å². The van der Waals surface area contributed by atoms with Gasteiger partial charge in [0, 0.05) is 13.6 Å². The predicted octanol–water partition coefficient (Wildman–Crippen LogP) is 4.28. The first-order chi connectivity index (χ1) is 10.6. The number of rotatable bonds is 5. The standard InChI is InChI=1S/C17H22FN3S.HI/c1-12-4-5-15(10-16(12)18)13(2)21-17(19-3)20-8-6-14-7-9-22-11-14;/h4-5,7,9-11,13H,6,8H2,1-3H3,(H2,19,20,21);1H. The summed E-state index contributed by atoms with van der Waals surface area (Å²) in [7, 11) is 1.74. The lowest BCUT2D eigenvalue weighted by Gasteiger charge is -2.18. The van der Waals surface area contributed by atoms with E-state index in [1.165, 1.54) is 5.56 Å². The Morgan fingerprint density at radius 1 is 1.35 bits per heavy atom. The van der Waals surface area contributed by atoms with Crippen molar-refractivity contribution in [2.75, 3.05) is 13.6 Å². The molecule has 0 fully saturated rings. The number of nitrogens with one attached hydrogen (secondary N) is 2. The largest absolute Gasteiger partial charge is 0.356 e. The van der Waals surface area contributed by atoms with Crippen molar-refractivity contribution in [1.82, 2.24) is 10.6 Å². The van der Waals surface area contributed by atoms with E-state index in [-0.39, 0.29) is 35.8 Å². The van der Waals surface area contributed by atoms with Gasteiger partial charge in [0.15, 0.2) is 5.96 Å². The molecule has 0 spiro atoms. The van der Waals surface area contributed by atoms with Crippen LogP contribution in [0.3, 0.4) is 0 Å². The van der Waals surface area contributed by atoms with Crippen molar-refractivity contribution < 1.29 is 4.39 Å². The Balaban J connectivity index is 0.00000264. The van der Waals surface area contributed by atoms with Gasteiger partial charge in [0.05, 0.1) is 6.04 Å². The smallest absolute Gasteiger partial charge is 0.191 e. The average molecular weight is 447 g/mol. The summed E-state index contributed by atoms with van der Waals surface area (Å²) in [4.78, 5) is 4.22. The third-order valence-electron chi connectivity index (χ3n) is 3.56. The molecule has 0 aliphatic carbocycles. The predicted molar refractivity (Wildman–Crippen MR) is 107 cm³/mol. The van der Waals surface area contributed by atoms with Crippen LogP contribution in [0.15, 0.2) is 40.0 Å². The molecule has 0 bridgehead atoms. The molecule has 0 saturated heterocycles. The van der Waals surface area contributed by atoms with Crippen molar-refractivity contribution >= 4 is 41.3 Å². The molecule has 1 atom stereocenters. The zero-order valence-electron chi connectivity index (χ0n) is 13.6. The molecule has 2 aromatic rings. The Kier molecular flexibility index (Phi) is 8.54. The van der Waals surface area contributed by atoms with Gasteiger partial charge in [-0.3, -0.25) is 4.99 Å². The lowest BCUT2D eigenvalue weighted by molar-refractivity contribution is 0.607. The van der Waals surface area contributed by atoms with E-state index in [1.54, 1.807) is 37.4 Å². The van der Waals surface area contributed by atoms with E-state index in [2.05, 4.69) is 32.5 Å². The van der Waals surface area contributed by atoms with Crippen molar-refractivity contribution in [2.45, 2.75) is 26.3 Å². The minimum atomic E-state index is -0.174. The third-order valence-corrected chi connectivity index (χ3v) is 4.29. The zero-order chi connectivity index (χ0) is 15.9. The van der Waals surface area contributed by atoms with E-state index in [0.717, 1.165) is 24.5 Å².